The van der Waals surface area contributed by atoms with Gasteiger partial charge in [-0.05, 0) is 38.1 Å². The molecule has 0 amide bonds. The molecule has 0 spiro atoms. The Hall–Kier alpha value is -0.800. The molecule has 0 aromatic heterocycles. The van der Waals surface area contributed by atoms with Crippen molar-refractivity contribution in [3.63, 3.8) is 0 Å². The normalized spacial score (nSPS) is 17.4. The van der Waals surface area contributed by atoms with Crippen molar-refractivity contribution in [2.75, 3.05) is 13.1 Å². The first-order valence-electron chi connectivity index (χ1n) is 7.00. The number of ketones is 1. The Labute approximate surface area is 120 Å². The zero-order chi connectivity index (χ0) is 13.9. The van der Waals surface area contributed by atoms with Crippen LogP contribution >= 0.6 is 11.8 Å². The SMILES string of the molecule is CC(C)(C)Sc1ccc(C(=O)C2CCNCC2)cc1. The number of carbonyl (C=O) groups excluding carboxylic acids is 1. The average Bonchev–Trinajstić information content (AvgIpc) is 2.38. The number of Topliss-reactive ketones (excluding diaryl/α,β-unsaturated/α-hetero) is 1. The van der Waals surface area contributed by atoms with Gasteiger partial charge in [-0.25, -0.2) is 0 Å². The van der Waals surface area contributed by atoms with Crippen LogP contribution in [0.1, 0.15) is 44.0 Å². The summed E-state index contributed by atoms with van der Waals surface area (Å²) in [7, 11) is 0. The van der Waals surface area contributed by atoms with Crippen molar-refractivity contribution >= 4 is 17.5 Å². The van der Waals surface area contributed by atoms with Crippen molar-refractivity contribution in [1.29, 1.82) is 0 Å². The van der Waals surface area contributed by atoms with Gasteiger partial charge in [0.25, 0.3) is 0 Å². The molecule has 104 valence electrons. The first-order chi connectivity index (χ1) is 8.96. The predicted molar refractivity (Wildman–Crippen MR) is 82.0 cm³/mol. The molecule has 1 aromatic rings. The minimum absolute atomic E-state index is 0.209. The highest BCUT2D eigenvalue weighted by Gasteiger charge is 2.22. The number of nitrogens with one attached hydrogen (secondary N) is 1. The van der Waals surface area contributed by atoms with Gasteiger partial charge in [-0.1, -0.05) is 32.9 Å². The van der Waals surface area contributed by atoms with Crippen LogP contribution in [0.15, 0.2) is 29.2 Å². The van der Waals surface area contributed by atoms with Gasteiger partial charge in [0.2, 0.25) is 0 Å². The van der Waals surface area contributed by atoms with Crippen LogP contribution in [0, 0.1) is 5.92 Å². The number of benzene rings is 1. The van der Waals surface area contributed by atoms with Gasteiger partial charge in [-0.2, -0.15) is 0 Å². The first kappa shape index (κ1) is 14.6. The van der Waals surface area contributed by atoms with Crippen molar-refractivity contribution in [3.8, 4) is 0 Å². The van der Waals surface area contributed by atoms with E-state index in [1.165, 1.54) is 4.90 Å². The number of piperidine rings is 1. The Morgan fingerprint density at radius 2 is 1.74 bits per heavy atom. The summed E-state index contributed by atoms with van der Waals surface area (Å²) in [5.74, 6) is 0.524. The van der Waals surface area contributed by atoms with Crippen molar-refractivity contribution < 1.29 is 4.79 Å². The second kappa shape index (κ2) is 6.10. The molecule has 0 saturated carbocycles. The van der Waals surface area contributed by atoms with Gasteiger partial charge < -0.3 is 5.32 Å². The van der Waals surface area contributed by atoms with Gasteiger partial charge in [0.1, 0.15) is 0 Å². The van der Waals surface area contributed by atoms with Crippen LogP contribution < -0.4 is 5.32 Å². The third-order valence-corrected chi connectivity index (χ3v) is 4.39. The first-order valence-corrected chi connectivity index (χ1v) is 7.81. The van der Waals surface area contributed by atoms with Gasteiger partial charge in [0.05, 0.1) is 0 Å². The van der Waals surface area contributed by atoms with Crippen LogP contribution in [-0.2, 0) is 0 Å². The van der Waals surface area contributed by atoms with E-state index in [9.17, 15) is 4.79 Å². The molecule has 3 heteroatoms. The summed E-state index contributed by atoms with van der Waals surface area (Å²) in [4.78, 5) is 13.6. The van der Waals surface area contributed by atoms with E-state index in [0.29, 0.717) is 5.78 Å². The number of thioether (sulfide) groups is 1. The van der Waals surface area contributed by atoms with Crippen molar-refractivity contribution in [2.24, 2.45) is 5.92 Å². The maximum absolute atomic E-state index is 12.4. The number of hydrogen-bond donors (Lipinski definition) is 1. The summed E-state index contributed by atoms with van der Waals surface area (Å²) in [5, 5.41) is 3.30. The Bertz CT molecular complexity index is 427. The molecule has 1 N–H and O–H groups in total. The fraction of sp³-hybridized carbons (Fsp3) is 0.562. The standard InChI is InChI=1S/C16H23NOS/c1-16(2,3)19-14-6-4-12(5-7-14)15(18)13-8-10-17-11-9-13/h4-7,13,17H,8-11H2,1-3H3. The highest BCUT2D eigenvalue weighted by molar-refractivity contribution is 8.00. The monoisotopic (exact) mass is 277 g/mol. The van der Waals surface area contributed by atoms with E-state index in [1.807, 2.05) is 23.9 Å². The summed E-state index contributed by atoms with van der Waals surface area (Å²) >= 11 is 1.84. The Morgan fingerprint density at radius 1 is 1.16 bits per heavy atom. The molecule has 1 saturated heterocycles. The Morgan fingerprint density at radius 3 is 2.26 bits per heavy atom. The molecular formula is C16H23NOS. The van der Waals surface area contributed by atoms with Crippen LogP contribution in [-0.4, -0.2) is 23.6 Å². The Balaban J connectivity index is 2.03. The van der Waals surface area contributed by atoms with E-state index in [0.717, 1.165) is 31.5 Å². The summed E-state index contributed by atoms with van der Waals surface area (Å²) in [5.41, 5.74) is 0.866. The minimum atomic E-state index is 0.209. The fourth-order valence-corrected chi connectivity index (χ4v) is 3.34. The lowest BCUT2D eigenvalue weighted by atomic mass is 9.90. The van der Waals surface area contributed by atoms with Crippen molar-refractivity contribution in [3.05, 3.63) is 29.8 Å². The summed E-state index contributed by atoms with van der Waals surface area (Å²) in [6, 6.07) is 8.12. The zero-order valence-electron chi connectivity index (χ0n) is 12.0. The Kier molecular flexibility index (Phi) is 4.69. The number of carbonyl (C=O) groups is 1. The van der Waals surface area contributed by atoms with Gasteiger partial charge in [0, 0.05) is 21.1 Å². The topological polar surface area (TPSA) is 29.1 Å². The second-order valence-electron chi connectivity index (χ2n) is 6.13. The van der Waals surface area contributed by atoms with E-state index in [1.54, 1.807) is 0 Å². The maximum Gasteiger partial charge on any atom is 0.166 e. The van der Waals surface area contributed by atoms with Crippen molar-refractivity contribution in [1.82, 2.24) is 5.32 Å². The molecule has 2 rings (SSSR count). The van der Waals surface area contributed by atoms with Crippen LogP contribution in [0.4, 0.5) is 0 Å². The number of rotatable bonds is 3. The lowest BCUT2D eigenvalue weighted by Gasteiger charge is -2.21. The van der Waals surface area contributed by atoms with Crippen LogP contribution in [0.5, 0.6) is 0 Å². The maximum atomic E-state index is 12.4. The predicted octanol–water partition coefficient (Wildman–Crippen LogP) is 3.76. The lowest BCUT2D eigenvalue weighted by Crippen LogP contribution is -2.31. The smallest absolute Gasteiger partial charge is 0.166 e. The molecule has 0 aliphatic carbocycles. The fourth-order valence-electron chi connectivity index (χ4n) is 2.36. The van der Waals surface area contributed by atoms with E-state index >= 15 is 0 Å². The van der Waals surface area contributed by atoms with E-state index in [-0.39, 0.29) is 10.7 Å². The van der Waals surface area contributed by atoms with Crippen LogP contribution in [0.2, 0.25) is 0 Å². The van der Waals surface area contributed by atoms with E-state index in [4.69, 9.17) is 0 Å². The van der Waals surface area contributed by atoms with Crippen LogP contribution in [0.25, 0.3) is 0 Å². The van der Waals surface area contributed by atoms with E-state index < -0.39 is 0 Å². The molecule has 1 aromatic carbocycles. The molecule has 0 atom stereocenters. The quantitative estimate of drug-likeness (QED) is 0.674. The molecular weight excluding hydrogens is 254 g/mol. The zero-order valence-corrected chi connectivity index (χ0v) is 12.8. The minimum Gasteiger partial charge on any atom is -0.317 e. The molecule has 0 unspecified atom stereocenters. The van der Waals surface area contributed by atoms with Gasteiger partial charge in [-0.15, -0.1) is 11.8 Å². The molecule has 1 heterocycles. The summed E-state index contributed by atoms with van der Waals surface area (Å²) in [6.07, 6.45) is 1.94. The molecule has 1 aliphatic rings. The molecule has 1 fully saturated rings. The van der Waals surface area contributed by atoms with Gasteiger partial charge >= 0.3 is 0 Å². The molecule has 0 radical (unpaired) electrons. The van der Waals surface area contributed by atoms with Crippen LogP contribution in [0.3, 0.4) is 0 Å². The lowest BCUT2D eigenvalue weighted by molar-refractivity contribution is 0.0895. The molecule has 1 aliphatic heterocycles. The highest BCUT2D eigenvalue weighted by Crippen LogP contribution is 2.32. The van der Waals surface area contributed by atoms with Crippen molar-refractivity contribution in [2.45, 2.75) is 43.3 Å². The largest absolute Gasteiger partial charge is 0.317 e. The summed E-state index contributed by atoms with van der Waals surface area (Å²) in [6.45, 7) is 8.53. The third kappa shape index (κ3) is 4.36. The van der Waals surface area contributed by atoms with Gasteiger partial charge in [-0.3, -0.25) is 4.79 Å². The van der Waals surface area contributed by atoms with Gasteiger partial charge in [0.15, 0.2) is 5.78 Å². The second-order valence-corrected chi connectivity index (χ2v) is 8.03. The molecule has 19 heavy (non-hydrogen) atoms. The average molecular weight is 277 g/mol. The summed E-state index contributed by atoms with van der Waals surface area (Å²) < 4.78 is 0.209. The van der Waals surface area contributed by atoms with E-state index in [2.05, 4.69) is 38.2 Å². The molecule has 0 bridgehead atoms. The third-order valence-electron chi connectivity index (χ3n) is 3.27. The highest BCUT2D eigenvalue weighted by atomic mass is 32.2. The number of hydrogen-bond acceptors (Lipinski definition) is 3. The molecule has 2 nitrogen and oxygen atoms in total.